The van der Waals surface area contributed by atoms with Gasteiger partial charge in [0.2, 0.25) is 0 Å². The van der Waals surface area contributed by atoms with Gasteiger partial charge >= 0.3 is 7.12 Å². The Bertz CT molecular complexity index is 266. The first-order valence-corrected chi connectivity index (χ1v) is 5.23. The van der Waals surface area contributed by atoms with Crippen molar-refractivity contribution in [3.63, 3.8) is 0 Å². The van der Waals surface area contributed by atoms with Gasteiger partial charge in [-0.1, -0.05) is 13.8 Å². The highest BCUT2D eigenvalue weighted by molar-refractivity contribution is 7.08. The fourth-order valence-electron chi connectivity index (χ4n) is 1.20. The van der Waals surface area contributed by atoms with Crippen LogP contribution in [0.4, 0.5) is 0 Å². The lowest BCUT2D eigenvalue weighted by atomic mass is 9.81. The predicted octanol–water partition coefficient (Wildman–Crippen LogP) is 0.911. The molecule has 1 saturated heterocycles. The lowest BCUT2D eigenvalue weighted by Gasteiger charge is -2.32. The average Bonchev–Trinajstić information content (AvgIpc) is 2.56. The van der Waals surface area contributed by atoms with E-state index >= 15 is 0 Å². The van der Waals surface area contributed by atoms with Crippen LogP contribution in [-0.2, 0) is 9.31 Å². The minimum absolute atomic E-state index is 0.131. The number of nitrogens with zero attached hydrogens (tertiary/aromatic N) is 1. The minimum atomic E-state index is -0.251. The molecular weight excluding hydrogens is 185 g/mol. The van der Waals surface area contributed by atoms with Crippen LogP contribution >= 0.6 is 11.3 Å². The summed E-state index contributed by atoms with van der Waals surface area (Å²) >= 11 is 1.56. The lowest BCUT2D eigenvalue weighted by molar-refractivity contribution is 0.0340. The highest BCUT2D eigenvalue weighted by atomic mass is 32.1. The molecule has 70 valence electrons. The van der Waals surface area contributed by atoms with Crippen LogP contribution in [0.3, 0.4) is 0 Å². The Hall–Kier alpha value is -0.385. The van der Waals surface area contributed by atoms with E-state index in [2.05, 4.69) is 18.8 Å². The molecule has 0 N–H and O–H groups in total. The molecule has 3 nitrogen and oxygen atoms in total. The molecule has 13 heavy (non-hydrogen) atoms. The fraction of sp³-hybridized carbons (Fsp3) is 0.625. The van der Waals surface area contributed by atoms with E-state index in [-0.39, 0.29) is 12.5 Å². The molecule has 0 spiro atoms. The SMILES string of the molecule is CC1(C)COB(c2cscn2)OC1. The minimum Gasteiger partial charge on any atom is -0.406 e. The molecule has 0 aliphatic carbocycles. The van der Waals surface area contributed by atoms with Crippen LogP contribution in [0.15, 0.2) is 10.9 Å². The summed E-state index contributed by atoms with van der Waals surface area (Å²) in [6.07, 6.45) is 0. The van der Waals surface area contributed by atoms with Crippen LogP contribution in [0.1, 0.15) is 13.8 Å². The molecule has 1 fully saturated rings. The summed E-state index contributed by atoms with van der Waals surface area (Å²) in [7, 11) is -0.251. The zero-order chi connectivity index (χ0) is 9.31. The maximum atomic E-state index is 5.56. The van der Waals surface area contributed by atoms with Crippen LogP contribution < -0.4 is 5.59 Å². The topological polar surface area (TPSA) is 31.4 Å². The van der Waals surface area contributed by atoms with Crippen LogP contribution in [-0.4, -0.2) is 25.3 Å². The van der Waals surface area contributed by atoms with Gasteiger partial charge in [-0.15, -0.1) is 11.3 Å². The van der Waals surface area contributed by atoms with Crippen molar-refractivity contribution < 1.29 is 9.31 Å². The Morgan fingerprint density at radius 3 is 2.69 bits per heavy atom. The molecule has 2 heterocycles. The molecule has 0 bridgehead atoms. The quantitative estimate of drug-likeness (QED) is 0.627. The van der Waals surface area contributed by atoms with Crippen LogP contribution in [0.2, 0.25) is 0 Å². The monoisotopic (exact) mass is 197 g/mol. The van der Waals surface area contributed by atoms with E-state index in [0.717, 1.165) is 18.8 Å². The fourth-order valence-corrected chi connectivity index (χ4v) is 1.76. The van der Waals surface area contributed by atoms with E-state index in [1.54, 1.807) is 16.8 Å². The lowest BCUT2D eigenvalue weighted by Crippen LogP contribution is -2.47. The van der Waals surface area contributed by atoms with E-state index in [1.807, 2.05) is 5.38 Å². The first kappa shape index (κ1) is 9.18. The molecule has 1 aliphatic heterocycles. The van der Waals surface area contributed by atoms with Gasteiger partial charge in [0.25, 0.3) is 0 Å². The van der Waals surface area contributed by atoms with Crippen molar-refractivity contribution in [2.75, 3.05) is 13.2 Å². The second-order valence-electron chi connectivity index (χ2n) is 4.03. The molecular formula is C8H12BNO2S. The van der Waals surface area contributed by atoms with Gasteiger partial charge < -0.3 is 9.31 Å². The Balaban J connectivity index is 1.99. The standard InChI is InChI=1S/C8H12BNO2S/c1-8(2)4-11-9(12-5-8)7-3-13-6-10-7/h3,6H,4-5H2,1-2H3. The Morgan fingerprint density at radius 2 is 2.15 bits per heavy atom. The highest BCUT2D eigenvalue weighted by Crippen LogP contribution is 2.21. The largest absolute Gasteiger partial charge is 0.514 e. The molecule has 5 heteroatoms. The Labute approximate surface area is 82.2 Å². The van der Waals surface area contributed by atoms with Crippen molar-refractivity contribution in [1.29, 1.82) is 0 Å². The van der Waals surface area contributed by atoms with Crippen molar-refractivity contribution in [3.05, 3.63) is 10.9 Å². The Morgan fingerprint density at radius 1 is 1.46 bits per heavy atom. The van der Waals surface area contributed by atoms with E-state index in [1.165, 1.54) is 0 Å². The normalized spacial score (nSPS) is 21.8. The summed E-state index contributed by atoms with van der Waals surface area (Å²) in [6, 6.07) is 0. The zero-order valence-electron chi connectivity index (χ0n) is 7.82. The van der Waals surface area contributed by atoms with Gasteiger partial charge in [-0.25, -0.2) is 0 Å². The van der Waals surface area contributed by atoms with Gasteiger partial charge in [0, 0.05) is 24.0 Å². The summed E-state index contributed by atoms with van der Waals surface area (Å²) in [5, 5.41) is 1.96. The third-order valence-electron chi connectivity index (χ3n) is 1.94. The highest BCUT2D eigenvalue weighted by Gasteiger charge is 2.34. The van der Waals surface area contributed by atoms with Gasteiger partial charge in [0.1, 0.15) is 0 Å². The van der Waals surface area contributed by atoms with Gasteiger partial charge in [-0.2, -0.15) is 0 Å². The summed E-state index contributed by atoms with van der Waals surface area (Å²) in [5.74, 6) is 0. The number of thiazole rings is 1. The Kier molecular flexibility index (Phi) is 2.40. The van der Waals surface area contributed by atoms with Crippen molar-refractivity contribution in [3.8, 4) is 0 Å². The van der Waals surface area contributed by atoms with Crippen molar-refractivity contribution >= 4 is 24.0 Å². The zero-order valence-corrected chi connectivity index (χ0v) is 8.63. The van der Waals surface area contributed by atoms with E-state index in [4.69, 9.17) is 9.31 Å². The molecule has 0 saturated carbocycles. The van der Waals surface area contributed by atoms with Crippen LogP contribution in [0.5, 0.6) is 0 Å². The second-order valence-corrected chi connectivity index (χ2v) is 4.75. The van der Waals surface area contributed by atoms with E-state index in [0.29, 0.717) is 0 Å². The third kappa shape index (κ3) is 2.10. The molecule has 0 aromatic carbocycles. The van der Waals surface area contributed by atoms with Crippen molar-refractivity contribution in [2.24, 2.45) is 5.41 Å². The summed E-state index contributed by atoms with van der Waals surface area (Å²) < 4.78 is 11.1. The van der Waals surface area contributed by atoms with Gasteiger partial charge in [-0.05, 0) is 0 Å². The predicted molar refractivity (Wildman–Crippen MR) is 53.2 cm³/mol. The maximum absolute atomic E-state index is 5.56. The maximum Gasteiger partial charge on any atom is 0.514 e. The summed E-state index contributed by atoms with van der Waals surface area (Å²) in [4.78, 5) is 4.16. The number of hydrogen-bond donors (Lipinski definition) is 0. The van der Waals surface area contributed by atoms with Gasteiger partial charge in [0.15, 0.2) is 0 Å². The van der Waals surface area contributed by atoms with E-state index in [9.17, 15) is 0 Å². The molecule has 1 aliphatic rings. The average molecular weight is 197 g/mol. The molecule has 1 aromatic rings. The molecule has 1 aromatic heterocycles. The summed E-state index contributed by atoms with van der Waals surface area (Å²) in [6.45, 7) is 5.72. The smallest absolute Gasteiger partial charge is 0.406 e. The molecule has 0 amide bonds. The van der Waals surface area contributed by atoms with Crippen LogP contribution in [0.25, 0.3) is 0 Å². The summed E-state index contributed by atoms with van der Waals surface area (Å²) in [5.41, 5.74) is 2.81. The molecule has 0 unspecified atom stereocenters. The number of aromatic nitrogens is 1. The van der Waals surface area contributed by atoms with E-state index < -0.39 is 0 Å². The second kappa shape index (κ2) is 3.40. The van der Waals surface area contributed by atoms with Gasteiger partial charge in [0.05, 0.1) is 11.1 Å². The third-order valence-corrected chi connectivity index (χ3v) is 2.55. The van der Waals surface area contributed by atoms with Crippen molar-refractivity contribution in [2.45, 2.75) is 13.8 Å². The number of rotatable bonds is 1. The van der Waals surface area contributed by atoms with Crippen LogP contribution in [0, 0.1) is 5.41 Å². The molecule has 0 radical (unpaired) electrons. The first-order valence-electron chi connectivity index (χ1n) is 4.29. The molecule has 2 rings (SSSR count). The van der Waals surface area contributed by atoms with Gasteiger partial charge in [-0.3, -0.25) is 4.98 Å². The number of hydrogen-bond acceptors (Lipinski definition) is 4. The molecule has 0 atom stereocenters. The van der Waals surface area contributed by atoms with Crippen molar-refractivity contribution in [1.82, 2.24) is 4.98 Å². The first-order chi connectivity index (χ1) is 6.17.